The molecule has 0 bridgehead atoms. The molecule has 2 nitrogen and oxygen atoms in total. The van der Waals surface area contributed by atoms with Gasteiger partial charge in [0, 0.05) is 18.6 Å². The van der Waals surface area contributed by atoms with Crippen LogP contribution < -0.4 is 5.32 Å². The van der Waals surface area contributed by atoms with E-state index >= 15 is 0 Å². The van der Waals surface area contributed by atoms with Gasteiger partial charge in [-0.3, -0.25) is 4.90 Å². The summed E-state index contributed by atoms with van der Waals surface area (Å²) in [6.45, 7) is 13.3. The summed E-state index contributed by atoms with van der Waals surface area (Å²) in [6, 6.07) is 1.53. The first-order valence-electron chi connectivity index (χ1n) is 9.03. The van der Waals surface area contributed by atoms with Crippen LogP contribution in [0, 0.1) is 11.3 Å². The van der Waals surface area contributed by atoms with Crippen molar-refractivity contribution in [3.63, 3.8) is 0 Å². The third-order valence-corrected chi connectivity index (χ3v) is 5.49. The summed E-state index contributed by atoms with van der Waals surface area (Å²) >= 11 is 0. The van der Waals surface area contributed by atoms with Crippen molar-refractivity contribution in [2.75, 3.05) is 19.6 Å². The van der Waals surface area contributed by atoms with Crippen LogP contribution in [-0.4, -0.2) is 36.6 Å². The predicted octanol–water partition coefficient (Wildman–Crippen LogP) is 4.06. The van der Waals surface area contributed by atoms with Gasteiger partial charge in [0.15, 0.2) is 0 Å². The van der Waals surface area contributed by atoms with Crippen LogP contribution in [0.2, 0.25) is 0 Å². The number of likely N-dealkylation sites (tertiary alicyclic amines) is 1. The topological polar surface area (TPSA) is 15.3 Å². The normalized spacial score (nSPS) is 35.1. The summed E-state index contributed by atoms with van der Waals surface area (Å²) in [5, 5.41) is 3.78. The van der Waals surface area contributed by atoms with Crippen LogP contribution in [-0.2, 0) is 0 Å². The van der Waals surface area contributed by atoms with Crippen molar-refractivity contribution < 1.29 is 0 Å². The van der Waals surface area contributed by atoms with Gasteiger partial charge in [0.2, 0.25) is 0 Å². The maximum absolute atomic E-state index is 3.78. The minimum Gasteiger partial charge on any atom is -0.313 e. The van der Waals surface area contributed by atoms with E-state index in [1.807, 2.05) is 0 Å². The Hall–Kier alpha value is -0.0800. The maximum atomic E-state index is 3.78. The Morgan fingerprint density at radius 2 is 2.00 bits per heavy atom. The van der Waals surface area contributed by atoms with Crippen LogP contribution in [0.5, 0.6) is 0 Å². The molecule has 2 rings (SSSR count). The fourth-order valence-electron chi connectivity index (χ4n) is 4.56. The highest BCUT2D eigenvalue weighted by atomic mass is 15.2. The monoisotopic (exact) mass is 280 g/mol. The molecule has 1 saturated heterocycles. The molecule has 0 aromatic carbocycles. The second kappa shape index (κ2) is 7.26. The van der Waals surface area contributed by atoms with Gasteiger partial charge in [0.05, 0.1) is 0 Å². The zero-order valence-electron chi connectivity index (χ0n) is 14.3. The fraction of sp³-hybridized carbons (Fsp3) is 1.00. The van der Waals surface area contributed by atoms with Crippen molar-refractivity contribution in [1.82, 2.24) is 10.2 Å². The number of rotatable bonds is 5. The fourth-order valence-corrected chi connectivity index (χ4v) is 4.56. The van der Waals surface area contributed by atoms with E-state index in [0.717, 1.165) is 24.5 Å². The number of piperidine rings is 1. The van der Waals surface area contributed by atoms with E-state index in [0.29, 0.717) is 5.41 Å². The Bertz CT molecular complexity index is 287. The van der Waals surface area contributed by atoms with Crippen LogP contribution in [0.1, 0.15) is 72.6 Å². The highest BCUT2D eigenvalue weighted by Crippen LogP contribution is 2.36. The lowest BCUT2D eigenvalue weighted by Crippen LogP contribution is -2.56. The van der Waals surface area contributed by atoms with E-state index in [4.69, 9.17) is 0 Å². The summed E-state index contributed by atoms with van der Waals surface area (Å²) < 4.78 is 0. The molecule has 118 valence electrons. The molecule has 0 spiro atoms. The first-order valence-corrected chi connectivity index (χ1v) is 9.03. The summed E-state index contributed by atoms with van der Waals surface area (Å²) in [4.78, 5) is 2.83. The molecule has 0 amide bonds. The van der Waals surface area contributed by atoms with Gasteiger partial charge in [-0.1, -0.05) is 40.5 Å². The Labute approximate surface area is 126 Å². The van der Waals surface area contributed by atoms with E-state index in [2.05, 4.69) is 37.9 Å². The second-order valence-electron chi connectivity index (χ2n) is 7.94. The highest BCUT2D eigenvalue weighted by molar-refractivity contribution is 4.94. The Morgan fingerprint density at radius 3 is 2.65 bits per heavy atom. The molecule has 0 aromatic heterocycles. The van der Waals surface area contributed by atoms with Crippen molar-refractivity contribution in [2.45, 2.75) is 84.7 Å². The molecule has 20 heavy (non-hydrogen) atoms. The molecule has 2 aliphatic rings. The van der Waals surface area contributed by atoms with Crippen molar-refractivity contribution in [1.29, 1.82) is 0 Å². The van der Waals surface area contributed by atoms with Crippen molar-refractivity contribution >= 4 is 0 Å². The maximum Gasteiger partial charge on any atom is 0.0252 e. The van der Waals surface area contributed by atoms with Gasteiger partial charge in [-0.15, -0.1) is 0 Å². The van der Waals surface area contributed by atoms with Crippen LogP contribution >= 0.6 is 0 Å². The van der Waals surface area contributed by atoms with Gasteiger partial charge in [-0.05, 0) is 56.5 Å². The molecule has 3 atom stereocenters. The van der Waals surface area contributed by atoms with E-state index < -0.39 is 0 Å². The number of nitrogens with one attached hydrogen (secondary N) is 1. The summed E-state index contributed by atoms with van der Waals surface area (Å²) in [5.74, 6) is 0.977. The molecular formula is C18H36N2. The van der Waals surface area contributed by atoms with Gasteiger partial charge < -0.3 is 5.32 Å². The lowest BCUT2D eigenvalue weighted by Gasteiger charge is -2.48. The van der Waals surface area contributed by atoms with Gasteiger partial charge in [-0.25, -0.2) is 0 Å². The lowest BCUT2D eigenvalue weighted by atomic mass is 9.77. The van der Waals surface area contributed by atoms with E-state index in [9.17, 15) is 0 Å². The van der Waals surface area contributed by atoms with Crippen LogP contribution in [0.25, 0.3) is 0 Å². The molecule has 1 aliphatic carbocycles. The first kappa shape index (κ1) is 16.3. The second-order valence-corrected chi connectivity index (χ2v) is 7.94. The minimum atomic E-state index is 0.521. The molecule has 3 unspecified atom stereocenters. The quantitative estimate of drug-likeness (QED) is 0.817. The van der Waals surface area contributed by atoms with E-state index in [1.54, 1.807) is 0 Å². The highest BCUT2D eigenvalue weighted by Gasteiger charge is 2.37. The molecule has 1 heterocycles. The van der Waals surface area contributed by atoms with E-state index in [-0.39, 0.29) is 0 Å². The third kappa shape index (κ3) is 4.21. The number of nitrogens with zero attached hydrogens (tertiary/aromatic N) is 1. The molecule has 0 aromatic rings. The van der Waals surface area contributed by atoms with Gasteiger partial charge >= 0.3 is 0 Å². The molecule has 0 radical (unpaired) electrons. The molecule has 1 saturated carbocycles. The Morgan fingerprint density at radius 1 is 1.20 bits per heavy atom. The Balaban J connectivity index is 2.02. The third-order valence-electron chi connectivity index (χ3n) is 5.49. The number of likely N-dealkylation sites (N-methyl/N-ethyl adjacent to an activating group) is 1. The SMILES string of the molecule is CCCC1CCC(NCC)C(N2CCCC(C)(C)C2)C1. The lowest BCUT2D eigenvalue weighted by molar-refractivity contribution is 0.0314. The van der Waals surface area contributed by atoms with Gasteiger partial charge in [0.1, 0.15) is 0 Å². The largest absolute Gasteiger partial charge is 0.313 e. The van der Waals surface area contributed by atoms with Crippen molar-refractivity contribution in [3.8, 4) is 0 Å². The van der Waals surface area contributed by atoms with Crippen LogP contribution in [0.15, 0.2) is 0 Å². The van der Waals surface area contributed by atoms with E-state index in [1.165, 1.54) is 58.0 Å². The average Bonchev–Trinajstić information content (AvgIpc) is 2.40. The van der Waals surface area contributed by atoms with Crippen molar-refractivity contribution in [3.05, 3.63) is 0 Å². The summed E-state index contributed by atoms with van der Waals surface area (Å²) in [7, 11) is 0. The number of hydrogen-bond acceptors (Lipinski definition) is 2. The zero-order chi connectivity index (χ0) is 14.6. The molecule has 1 aliphatic heterocycles. The van der Waals surface area contributed by atoms with Crippen LogP contribution in [0.3, 0.4) is 0 Å². The number of hydrogen-bond donors (Lipinski definition) is 1. The standard InChI is InChI=1S/C18H36N2/c1-5-8-15-9-10-16(19-6-2)17(13-15)20-12-7-11-18(3,4)14-20/h15-17,19H,5-14H2,1-4H3. The average molecular weight is 281 g/mol. The summed E-state index contributed by atoms with van der Waals surface area (Å²) in [5.41, 5.74) is 0.521. The zero-order valence-corrected chi connectivity index (χ0v) is 14.3. The van der Waals surface area contributed by atoms with Crippen molar-refractivity contribution in [2.24, 2.45) is 11.3 Å². The Kier molecular flexibility index (Phi) is 5.92. The smallest absolute Gasteiger partial charge is 0.0252 e. The molecule has 2 heteroatoms. The van der Waals surface area contributed by atoms with Gasteiger partial charge in [-0.2, -0.15) is 0 Å². The van der Waals surface area contributed by atoms with Gasteiger partial charge in [0.25, 0.3) is 0 Å². The first-order chi connectivity index (χ1) is 9.55. The summed E-state index contributed by atoms with van der Waals surface area (Å²) in [6.07, 6.45) is 9.85. The minimum absolute atomic E-state index is 0.521. The molecule has 2 fully saturated rings. The predicted molar refractivity (Wildman–Crippen MR) is 88.1 cm³/mol. The molecule has 1 N–H and O–H groups in total. The van der Waals surface area contributed by atoms with Crippen LogP contribution in [0.4, 0.5) is 0 Å². The molecular weight excluding hydrogens is 244 g/mol.